The molecule has 2 aromatic rings. The summed E-state index contributed by atoms with van der Waals surface area (Å²) in [6.07, 6.45) is -3.12. The van der Waals surface area contributed by atoms with Gasteiger partial charge in [0.2, 0.25) is 0 Å². The number of para-hydroxylation sites is 1. The predicted molar refractivity (Wildman–Crippen MR) is 94.4 cm³/mol. The summed E-state index contributed by atoms with van der Waals surface area (Å²) in [4.78, 5) is 3.44. The number of hydrogen-bond donors (Lipinski definition) is 0. The topological polar surface area (TPSA) is 46.6 Å². The van der Waals surface area contributed by atoms with Gasteiger partial charge in [-0.3, -0.25) is 4.18 Å². The van der Waals surface area contributed by atoms with E-state index in [0.29, 0.717) is 18.7 Å². The maximum absolute atomic E-state index is 13.1. The molecule has 0 spiro atoms. The van der Waals surface area contributed by atoms with Gasteiger partial charge in [-0.2, -0.15) is 21.6 Å². The van der Waals surface area contributed by atoms with Gasteiger partial charge in [0.1, 0.15) is 0 Å². The molecule has 0 N–H and O–H groups in total. The van der Waals surface area contributed by atoms with E-state index in [4.69, 9.17) is 4.18 Å². The minimum Gasteiger partial charge on any atom is -0.340 e. The van der Waals surface area contributed by atoms with E-state index >= 15 is 0 Å². The highest BCUT2D eigenvalue weighted by Gasteiger charge is 2.33. The average molecular weight is 403 g/mol. The van der Waals surface area contributed by atoms with Crippen LogP contribution in [0.4, 0.5) is 24.5 Å². The van der Waals surface area contributed by atoms with Crippen molar-refractivity contribution >= 4 is 33.3 Å². The third-order valence-corrected chi connectivity index (χ3v) is 5.50. The van der Waals surface area contributed by atoms with E-state index in [1.165, 1.54) is 17.8 Å². The van der Waals surface area contributed by atoms with Crippen molar-refractivity contribution in [3.05, 3.63) is 48.0 Å². The summed E-state index contributed by atoms with van der Waals surface area (Å²) in [5.41, 5.74) is 0.542. The van der Waals surface area contributed by atoms with Crippen molar-refractivity contribution in [1.29, 1.82) is 0 Å². The summed E-state index contributed by atoms with van der Waals surface area (Å²) in [7, 11) is -3.55. The molecular formula is C17H16F3NO3S2. The highest BCUT2D eigenvalue weighted by Crippen LogP contribution is 2.49. The predicted octanol–water partition coefficient (Wildman–Crippen LogP) is 4.67. The Morgan fingerprint density at radius 3 is 2.46 bits per heavy atom. The van der Waals surface area contributed by atoms with Crippen molar-refractivity contribution in [3.63, 3.8) is 0 Å². The van der Waals surface area contributed by atoms with Gasteiger partial charge in [0.15, 0.2) is 0 Å². The molecule has 0 saturated heterocycles. The Morgan fingerprint density at radius 2 is 1.77 bits per heavy atom. The van der Waals surface area contributed by atoms with Crippen LogP contribution in [-0.4, -0.2) is 27.8 Å². The van der Waals surface area contributed by atoms with Crippen LogP contribution in [0.15, 0.2) is 52.3 Å². The molecule has 0 fully saturated rings. The second kappa shape index (κ2) is 7.13. The van der Waals surface area contributed by atoms with Crippen molar-refractivity contribution in [2.24, 2.45) is 0 Å². The minimum absolute atomic E-state index is 0.0288. The number of benzene rings is 2. The number of anilines is 2. The van der Waals surface area contributed by atoms with Crippen LogP contribution in [0.5, 0.6) is 0 Å². The first-order valence-electron chi connectivity index (χ1n) is 7.75. The van der Waals surface area contributed by atoms with Crippen LogP contribution >= 0.6 is 11.8 Å². The monoisotopic (exact) mass is 403 g/mol. The molecule has 2 aromatic carbocycles. The first-order valence-corrected chi connectivity index (χ1v) is 10.4. The molecule has 1 heterocycles. The van der Waals surface area contributed by atoms with Crippen LogP contribution in [0.2, 0.25) is 0 Å². The third-order valence-electron chi connectivity index (χ3n) is 3.78. The number of alkyl halides is 3. The van der Waals surface area contributed by atoms with E-state index in [9.17, 15) is 21.6 Å². The fraction of sp³-hybridized carbons (Fsp3) is 0.294. The standard InChI is InChI=1S/C17H16F3NO3S2/c1-26(22,23)24-10-4-9-21-13-5-2-3-6-15(13)25-16-8-7-12(11-14(16)21)17(18,19)20/h2-3,5-8,11H,4,9-10H2,1H3. The van der Waals surface area contributed by atoms with Crippen molar-refractivity contribution in [2.45, 2.75) is 22.4 Å². The van der Waals surface area contributed by atoms with E-state index in [1.807, 2.05) is 24.3 Å². The van der Waals surface area contributed by atoms with Gasteiger partial charge in [-0.25, -0.2) is 0 Å². The molecule has 1 aliphatic heterocycles. The minimum atomic E-state index is -4.43. The average Bonchev–Trinajstić information content (AvgIpc) is 2.55. The first-order chi connectivity index (χ1) is 12.1. The van der Waals surface area contributed by atoms with E-state index in [2.05, 4.69) is 0 Å². The lowest BCUT2D eigenvalue weighted by Gasteiger charge is -2.33. The molecule has 0 atom stereocenters. The first kappa shape index (κ1) is 19.1. The fourth-order valence-electron chi connectivity index (χ4n) is 2.68. The molecule has 0 amide bonds. The Balaban J connectivity index is 1.91. The molecule has 1 aliphatic rings. The molecule has 0 unspecified atom stereocenters. The zero-order valence-corrected chi connectivity index (χ0v) is 15.4. The Morgan fingerprint density at radius 1 is 1.08 bits per heavy atom. The summed E-state index contributed by atoms with van der Waals surface area (Å²) in [6, 6.07) is 11.1. The van der Waals surface area contributed by atoms with Crippen molar-refractivity contribution < 1.29 is 25.8 Å². The Labute approximate surface area is 154 Å². The maximum atomic E-state index is 13.1. The van der Waals surface area contributed by atoms with Gasteiger partial charge < -0.3 is 4.90 Å². The van der Waals surface area contributed by atoms with E-state index in [-0.39, 0.29) is 6.61 Å². The zero-order chi connectivity index (χ0) is 18.9. The van der Waals surface area contributed by atoms with Crippen LogP contribution in [0.3, 0.4) is 0 Å². The molecule has 0 bridgehead atoms. The lowest BCUT2D eigenvalue weighted by Crippen LogP contribution is -2.24. The lowest BCUT2D eigenvalue weighted by atomic mass is 10.1. The molecule has 9 heteroatoms. The summed E-state index contributed by atoms with van der Waals surface area (Å²) in [5.74, 6) is 0. The molecule has 4 nitrogen and oxygen atoms in total. The molecule has 140 valence electrons. The molecule has 0 radical (unpaired) electrons. The number of halogens is 3. The lowest BCUT2D eigenvalue weighted by molar-refractivity contribution is -0.137. The van der Waals surface area contributed by atoms with Crippen molar-refractivity contribution in [2.75, 3.05) is 24.3 Å². The highest BCUT2D eigenvalue weighted by molar-refractivity contribution is 7.99. The van der Waals surface area contributed by atoms with Crippen LogP contribution in [0.1, 0.15) is 12.0 Å². The Hall–Kier alpha value is -1.71. The van der Waals surface area contributed by atoms with Gasteiger partial charge in [0, 0.05) is 16.3 Å². The fourth-order valence-corrected chi connectivity index (χ4v) is 4.18. The largest absolute Gasteiger partial charge is 0.416 e. The second-order valence-corrected chi connectivity index (χ2v) is 8.51. The van der Waals surface area contributed by atoms with Crippen molar-refractivity contribution in [1.82, 2.24) is 0 Å². The Kier molecular flexibility index (Phi) is 5.23. The summed E-state index contributed by atoms with van der Waals surface area (Å²) < 4.78 is 66.2. The van der Waals surface area contributed by atoms with E-state index < -0.39 is 21.9 Å². The number of fused-ring (bicyclic) bond motifs is 2. The highest BCUT2D eigenvalue weighted by atomic mass is 32.2. The van der Waals surface area contributed by atoms with Gasteiger partial charge in [-0.05, 0) is 36.8 Å². The van der Waals surface area contributed by atoms with Crippen molar-refractivity contribution in [3.8, 4) is 0 Å². The smallest absolute Gasteiger partial charge is 0.340 e. The van der Waals surface area contributed by atoms with Gasteiger partial charge in [-0.1, -0.05) is 23.9 Å². The third kappa shape index (κ3) is 4.33. The van der Waals surface area contributed by atoms with Gasteiger partial charge in [-0.15, -0.1) is 0 Å². The van der Waals surface area contributed by atoms with Crippen LogP contribution in [0, 0.1) is 0 Å². The molecule has 0 saturated carbocycles. The van der Waals surface area contributed by atoms with Crippen LogP contribution < -0.4 is 4.90 Å². The molecule has 3 rings (SSSR count). The summed E-state index contributed by atoms with van der Waals surface area (Å²) in [6.45, 7) is 0.306. The van der Waals surface area contributed by atoms with Crippen LogP contribution in [0.25, 0.3) is 0 Å². The quantitative estimate of drug-likeness (QED) is 0.536. The van der Waals surface area contributed by atoms with Gasteiger partial charge in [0.05, 0.1) is 29.8 Å². The molecule has 26 heavy (non-hydrogen) atoms. The number of nitrogens with zero attached hydrogens (tertiary/aromatic N) is 1. The van der Waals surface area contributed by atoms with E-state index in [0.717, 1.165) is 33.9 Å². The Bertz CT molecular complexity index is 914. The number of hydrogen-bond acceptors (Lipinski definition) is 5. The summed E-state index contributed by atoms with van der Waals surface area (Å²) in [5, 5.41) is 0. The molecular weight excluding hydrogens is 387 g/mol. The normalized spacial score (nSPS) is 14.1. The zero-order valence-electron chi connectivity index (χ0n) is 13.8. The maximum Gasteiger partial charge on any atom is 0.416 e. The van der Waals surface area contributed by atoms with E-state index in [1.54, 1.807) is 4.90 Å². The van der Waals surface area contributed by atoms with Gasteiger partial charge in [0.25, 0.3) is 10.1 Å². The van der Waals surface area contributed by atoms with Gasteiger partial charge >= 0.3 is 6.18 Å². The SMILES string of the molecule is CS(=O)(=O)OCCCN1c2ccccc2Sc2ccc(C(F)(F)F)cc21. The molecule has 0 aliphatic carbocycles. The van der Waals surface area contributed by atoms with Crippen LogP contribution in [-0.2, 0) is 20.5 Å². The second-order valence-electron chi connectivity index (χ2n) is 5.78. The molecule has 0 aromatic heterocycles. The number of rotatable bonds is 5. The summed E-state index contributed by atoms with van der Waals surface area (Å²) >= 11 is 1.41.